The zero-order chi connectivity index (χ0) is 16.0. The summed E-state index contributed by atoms with van der Waals surface area (Å²) in [4.78, 5) is 0. The van der Waals surface area contributed by atoms with Crippen LogP contribution in [0.2, 0.25) is 0 Å². The van der Waals surface area contributed by atoms with Gasteiger partial charge in [-0.1, -0.05) is 60.1 Å². The van der Waals surface area contributed by atoms with Crippen molar-refractivity contribution in [2.45, 2.75) is 66.3 Å². The van der Waals surface area contributed by atoms with Gasteiger partial charge in [0.1, 0.15) is 12.4 Å². The zero-order valence-corrected chi connectivity index (χ0v) is 14.9. The molecule has 0 saturated heterocycles. The highest BCUT2D eigenvalue weighted by molar-refractivity contribution is 5.41. The van der Waals surface area contributed by atoms with Crippen molar-refractivity contribution in [1.29, 1.82) is 0 Å². The number of hydrogen-bond acceptors (Lipinski definition) is 2. The van der Waals surface area contributed by atoms with E-state index in [1.54, 1.807) is 0 Å². The molecule has 0 spiro atoms. The average molecular weight is 291 g/mol. The van der Waals surface area contributed by atoms with Gasteiger partial charge in [-0.25, -0.2) is 0 Å². The lowest BCUT2D eigenvalue weighted by atomic mass is 9.86. The van der Waals surface area contributed by atoms with E-state index in [1.165, 1.54) is 17.5 Å². The summed E-state index contributed by atoms with van der Waals surface area (Å²) in [5.74, 6) is 1.65. The van der Waals surface area contributed by atoms with Gasteiger partial charge < -0.3 is 10.1 Å². The van der Waals surface area contributed by atoms with Gasteiger partial charge in [0.25, 0.3) is 0 Å². The minimum Gasteiger partial charge on any atom is -0.492 e. The van der Waals surface area contributed by atoms with Crippen molar-refractivity contribution in [3.05, 3.63) is 29.3 Å². The molecule has 0 aliphatic carbocycles. The lowest BCUT2D eigenvalue weighted by molar-refractivity contribution is 0.219. The van der Waals surface area contributed by atoms with Crippen LogP contribution in [0.4, 0.5) is 0 Å². The fourth-order valence-electron chi connectivity index (χ4n) is 2.52. The van der Waals surface area contributed by atoms with E-state index in [9.17, 15) is 0 Å². The van der Waals surface area contributed by atoms with Crippen molar-refractivity contribution in [1.82, 2.24) is 5.32 Å². The van der Waals surface area contributed by atoms with Crippen LogP contribution in [-0.4, -0.2) is 19.2 Å². The lowest BCUT2D eigenvalue weighted by Crippen LogP contribution is -2.39. The van der Waals surface area contributed by atoms with Crippen LogP contribution in [0.1, 0.15) is 59.1 Å². The maximum atomic E-state index is 6.22. The summed E-state index contributed by atoms with van der Waals surface area (Å²) in [5.41, 5.74) is 2.64. The summed E-state index contributed by atoms with van der Waals surface area (Å²) in [7, 11) is 0. The molecule has 0 fully saturated rings. The van der Waals surface area contributed by atoms with Crippen molar-refractivity contribution >= 4 is 0 Å². The molecule has 1 aromatic rings. The van der Waals surface area contributed by atoms with Gasteiger partial charge in [0, 0.05) is 6.04 Å². The van der Waals surface area contributed by atoms with Crippen LogP contribution in [0.3, 0.4) is 0 Å². The minimum atomic E-state index is 0.104. The van der Waals surface area contributed by atoms with Gasteiger partial charge in [0.2, 0.25) is 0 Å². The van der Waals surface area contributed by atoms with Crippen LogP contribution in [0, 0.1) is 12.8 Å². The third kappa shape index (κ3) is 5.35. The Bertz CT molecular complexity index is 434. The minimum absolute atomic E-state index is 0.104. The number of hydrogen-bond donors (Lipinski definition) is 1. The molecule has 0 radical (unpaired) electrons. The molecule has 1 aromatic carbocycles. The SMILES string of the molecule is CCNC(COc1cc(C)ccc1C(C)(C)C)C(C)CC. The molecule has 0 aliphatic rings. The summed E-state index contributed by atoms with van der Waals surface area (Å²) in [5, 5.41) is 3.55. The van der Waals surface area contributed by atoms with Gasteiger partial charge in [-0.2, -0.15) is 0 Å². The van der Waals surface area contributed by atoms with Crippen molar-refractivity contribution in [2.75, 3.05) is 13.2 Å². The first-order valence-electron chi connectivity index (χ1n) is 8.26. The maximum Gasteiger partial charge on any atom is 0.123 e. The van der Waals surface area contributed by atoms with Crippen molar-refractivity contribution < 1.29 is 4.74 Å². The van der Waals surface area contributed by atoms with Gasteiger partial charge in [-0.15, -0.1) is 0 Å². The van der Waals surface area contributed by atoms with E-state index in [0.717, 1.165) is 18.9 Å². The summed E-state index contributed by atoms with van der Waals surface area (Å²) in [6.07, 6.45) is 1.17. The van der Waals surface area contributed by atoms with Gasteiger partial charge in [-0.3, -0.25) is 0 Å². The van der Waals surface area contributed by atoms with E-state index in [2.05, 4.69) is 72.0 Å². The third-order valence-electron chi connectivity index (χ3n) is 4.16. The molecule has 2 nitrogen and oxygen atoms in total. The van der Waals surface area contributed by atoms with Crippen LogP contribution in [-0.2, 0) is 5.41 Å². The predicted octanol–water partition coefficient (Wildman–Crippen LogP) is 4.70. The average Bonchev–Trinajstić information content (AvgIpc) is 2.41. The monoisotopic (exact) mass is 291 g/mol. The second-order valence-electron chi connectivity index (χ2n) is 7.11. The van der Waals surface area contributed by atoms with Crippen LogP contribution >= 0.6 is 0 Å². The second-order valence-corrected chi connectivity index (χ2v) is 7.11. The van der Waals surface area contributed by atoms with Crippen molar-refractivity contribution in [2.24, 2.45) is 5.92 Å². The highest BCUT2D eigenvalue weighted by atomic mass is 16.5. The summed E-state index contributed by atoms with van der Waals surface area (Å²) >= 11 is 0. The highest BCUT2D eigenvalue weighted by Crippen LogP contribution is 2.32. The topological polar surface area (TPSA) is 21.3 Å². The smallest absolute Gasteiger partial charge is 0.123 e. The normalized spacial score (nSPS) is 14.8. The lowest BCUT2D eigenvalue weighted by Gasteiger charge is -2.27. The van der Waals surface area contributed by atoms with E-state index in [0.29, 0.717) is 12.0 Å². The highest BCUT2D eigenvalue weighted by Gasteiger charge is 2.21. The number of ether oxygens (including phenoxy) is 1. The van der Waals surface area contributed by atoms with Crippen LogP contribution in [0.5, 0.6) is 5.75 Å². The number of nitrogens with one attached hydrogen (secondary N) is 1. The van der Waals surface area contributed by atoms with Crippen LogP contribution in [0.25, 0.3) is 0 Å². The second kappa shape index (κ2) is 7.84. The third-order valence-corrected chi connectivity index (χ3v) is 4.16. The number of aryl methyl sites for hydroxylation is 1. The Morgan fingerprint density at radius 2 is 1.86 bits per heavy atom. The maximum absolute atomic E-state index is 6.22. The van der Waals surface area contributed by atoms with E-state index in [-0.39, 0.29) is 5.41 Å². The molecule has 2 atom stereocenters. The number of rotatable bonds is 7. The molecule has 2 heteroatoms. The number of likely N-dealkylation sites (N-methyl/N-ethyl adjacent to an activating group) is 1. The molecule has 0 bridgehead atoms. The Morgan fingerprint density at radius 3 is 2.38 bits per heavy atom. The Balaban J connectivity index is 2.88. The van der Waals surface area contributed by atoms with E-state index in [4.69, 9.17) is 4.74 Å². The Labute approximate surface area is 131 Å². The van der Waals surface area contributed by atoms with Crippen LogP contribution in [0.15, 0.2) is 18.2 Å². The summed E-state index contributed by atoms with van der Waals surface area (Å²) < 4.78 is 6.22. The Kier molecular flexibility index (Phi) is 6.73. The zero-order valence-electron chi connectivity index (χ0n) is 14.9. The number of benzene rings is 1. The summed E-state index contributed by atoms with van der Waals surface area (Å²) in [6, 6.07) is 6.95. The molecule has 0 aromatic heterocycles. The predicted molar refractivity (Wildman–Crippen MR) is 92.3 cm³/mol. The van der Waals surface area contributed by atoms with Crippen molar-refractivity contribution in [3.63, 3.8) is 0 Å². The first kappa shape index (κ1) is 18.0. The standard InChI is InChI=1S/C19H33NO/c1-8-15(4)17(20-9-2)13-21-18-12-14(3)10-11-16(18)19(5,6)7/h10-12,15,17,20H,8-9,13H2,1-7H3. The molecule has 21 heavy (non-hydrogen) atoms. The van der Waals surface area contributed by atoms with Crippen LogP contribution < -0.4 is 10.1 Å². The van der Waals surface area contributed by atoms with Gasteiger partial charge in [0.15, 0.2) is 0 Å². The van der Waals surface area contributed by atoms with Gasteiger partial charge in [0.05, 0.1) is 0 Å². The molecular weight excluding hydrogens is 258 g/mol. The fraction of sp³-hybridized carbons (Fsp3) is 0.684. The molecule has 0 saturated carbocycles. The van der Waals surface area contributed by atoms with E-state index >= 15 is 0 Å². The fourth-order valence-corrected chi connectivity index (χ4v) is 2.52. The summed E-state index contributed by atoms with van der Waals surface area (Å²) in [6.45, 7) is 17.2. The molecule has 1 N–H and O–H groups in total. The van der Waals surface area contributed by atoms with E-state index < -0.39 is 0 Å². The molecule has 0 heterocycles. The molecular formula is C19H33NO. The molecule has 0 aliphatic heterocycles. The first-order valence-corrected chi connectivity index (χ1v) is 8.26. The quantitative estimate of drug-likeness (QED) is 0.786. The molecule has 2 unspecified atom stereocenters. The molecule has 120 valence electrons. The Hall–Kier alpha value is -1.02. The molecule has 1 rings (SSSR count). The Morgan fingerprint density at radius 1 is 1.19 bits per heavy atom. The van der Waals surface area contributed by atoms with Gasteiger partial charge >= 0.3 is 0 Å². The largest absolute Gasteiger partial charge is 0.492 e. The van der Waals surface area contributed by atoms with E-state index in [1.807, 2.05) is 0 Å². The van der Waals surface area contributed by atoms with Crippen molar-refractivity contribution in [3.8, 4) is 5.75 Å². The first-order chi connectivity index (χ1) is 9.79. The van der Waals surface area contributed by atoms with Gasteiger partial charge in [-0.05, 0) is 42.0 Å². The molecule has 0 amide bonds.